The molecule has 1 aliphatic rings. The fraction of sp³-hybridized carbons (Fsp3) is 0.208. The van der Waals surface area contributed by atoms with E-state index in [9.17, 15) is 9.59 Å². The summed E-state index contributed by atoms with van der Waals surface area (Å²) in [5.41, 5.74) is 3.04. The first-order valence-corrected chi connectivity index (χ1v) is 11.2. The van der Waals surface area contributed by atoms with E-state index in [0.717, 1.165) is 11.1 Å². The maximum Gasteiger partial charge on any atom is 0.254 e. The fourth-order valence-electron chi connectivity index (χ4n) is 3.26. The first kappa shape index (κ1) is 22.6. The van der Waals surface area contributed by atoms with E-state index < -0.39 is 0 Å². The van der Waals surface area contributed by atoms with Crippen molar-refractivity contribution in [3.8, 4) is 11.5 Å². The monoisotopic (exact) mass is 465 g/mol. The van der Waals surface area contributed by atoms with E-state index in [1.165, 1.54) is 11.8 Å². The van der Waals surface area contributed by atoms with E-state index >= 15 is 0 Å². The van der Waals surface area contributed by atoms with Gasteiger partial charge in [-0.25, -0.2) is 4.98 Å². The molecule has 4 rings (SSSR count). The topological polar surface area (TPSA) is 98.8 Å². The summed E-state index contributed by atoms with van der Waals surface area (Å²) in [6.07, 6.45) is 1.60. The van der Waals surface area contributed by atoms with Gasteiger partial charge >= 0.3 is 0 Å². The summed E-state index contributed by atoms with van der Waals surface area (Å²) in [6, 6.07) is 16.4. The molecule has 3 aromatic rings. The van der Waals surface area contributed by atoms with Crippen LogP contribution in [0.5, 0.6) is 11.5 Å². The number of benzene rings is 2. The third-order valence-corrected chi connectivity index (χ3v) is 5.77. The van der Waals surface area contributed by atoms with E-state index in [1.54, 1.807) is 43.6 Å². The van der Waals surface area contributed by atoms with E-state index in [1.807, 2.05) is 24.3 Å². The van der Waals surface area contributed by atoms with Crippen LogP contribution >= 0.6 is 11.8 Å². The number of amides is 2. The third kappa shape index (κ3) is 6.03. The van der Waals surface area contributed by atoms with Gasteiger partial charge in [-0.05, 0) is 35.4 Å². The lowest BCUT2D eigenvalue weighted by Crippen LogP contribution is -2.24. The van der Waals surface area contributed by atoms with Gasteiger partial charge in [0.25, 0.3) is 5.91 Å². The lowest BCUT2D eigenvalue weighted by atomic mass is 10.1. The van der Waals surface area contributed by atoms with Crippen LogP contribution < -0.4 is 20.1 Å². The van der Waals surface area contributed by atoms with E-state index in [0.29, 0.717) is 40.9 Å². The summed E-state index contributed by atoms with van der Waals surface area (Å²) in [7, 11) is 1.64. The first-order valence-electron chi connectivity index (χ1n) is 10.2. The minimum Gasteiger partial charge on any atom is -0.454 e. The van der Waals surface area contributed by atoms with Gasteiger partial charge in [0.05, 0.1) is 17.9 Å². The van der Waals surface area contributed by atoms with Crippen LogP contribution in [0.1, 0.15) is 21.5 Å². The SMILES string of the molecule is COCc1cccc(CNC(=O)c2cccnc2SCC(=O)Nc2ccc3c(c2)OCO3)c1. The summed E-state index contributed by atoms with van der Waals surface area (Å²) in [5, 5.41) is 6.23. The Morgan fingerprint density at radius 1 is 1.06 bits per heavy atom. The number of pyridine rings is 1. The Bertz CT molecular complexity index is 1150. The van der Waals surface area contributed by atoms with Gasteiger partial charge in [0.1, 0.15) is 5.03 Å². The molecule has 2 aromatic carbocycles. The van der Waals surface area contributed by atoms with Crippen LogP contribution in [0.2, 0.25) is 0 Å². The summed E-state index contributed by atoms with van der Waals surface area (Å²) in [6.45, 7) is 1.06. The zero-order valence-electron chi connectivity index (χ0n) is 18.0. The molecule has 0 radical (unpaired) electrons. The molecule has 2 amide bonds. The number of hydrogen-bond donors (Lipinski definition) is 2. The van der Waals surface area contributed by atoms with Gasteiger partial charge in [-0.2, -0.15) is 0 Å². The molecule has 2 N–H and O–H groups in total. The van der Waals surface area contributed by atoms with Gasteiger partial charge in [-0.15, -0.1) is 0 Å². The third-order valence-electron chi connectivity index (χ3n) is 4.77. The second-order valence-electron chi connectivity index (χ2n) is 7.20. The molecule has 1 aromatic heterocycles. The minimum atomic E-state index is -0.251. The molecule has 0 fully saturated rings. The number of hydrogen-bond acceptors (Lipinski definition) is 7. The molecule has 170 valence electrons. The lowest BCUT2D eigenvalue weighted by Gasteiger charge is -2.10. The molecule has 33 heavy (non-hydrogen) atoms. The quantitative estimate of drug-likeness (QED) is 0.466. The molecule has 8 nitrogen and oxygen atoms in total. The zero-order valence-corrected chi connectivity index (χ0v) is 18.8. The Balaban J connectivity index is 1.33. The van der Waals surface area contributed by atoms with Crippen molar-refractivity contribution in [2.24, 2.45) is 0 Å². The molecule has 0 bridgehead atoms. The van der Waals surface area contributed by atoms with Crippen LogP contribution in [0.3, 0.4) is 0 Å². The number of anilines is 1. The normalized spacial score (nSPS) is 11.8. The standard InChI is InChI=1S/C24H23N3O5S/c1-30-13-17-5-2-4-16(10-17)12-26-23(29)19-6-3-9-25-24(19)33-14-22(28)27-18-7-8-20-21(11-18)32-15-31-20/h2-11H,12-15H2,1H3,(H,26,29)(H,27,28). The van der Waals surface area contributed by atoms with Gasteiger partial charge in [0, 0.05) is 31.6 Å². The molecule has 0 aliphatic carbocycles. The predicted molar refractivity (Wildman–Crippen MR) is 124 cm³/mol. The molecule has 0 unspecified atom stereocenters. The number of carbonyl (C=O) groups is 2. The Morgan fingerprint density at radius 2 is 1.91 bits per heavy atom. The Hall–Kier alpha value is -3.56. The summed E-state index contributed by atoms with van der Waals surface area (Å²) >= 11 is 1.20. The molecule has 0 saturated carbocycles. The highest BCUT2D eigenvalue weighted by molar-refractivity contribution is 8.00. The van der Waals surface area contributed by atoms with Crippen LogP contribution in [0.15, 0.2) is 65.8 Å². The van der Waals surface area contributed by atoms with Crippen molar-refractivity contribution in [3.05, 3.63) is 77.5 Å². The van der Waals surface area contributed by atoms with Crippen LogP contribution in [0.25, 0.3) is 0 Å². The number of ether oxygens (including phenoxy) is 3. The van der Waals surface area contributed by atoms with Gasteiger partial charge in [-0.1, -0.05) is 36.0 Å². The van der Waals surface area contributed by atoms with E-state index in [2.05, 4.69) is 15.6 Å². The van der Waals surface area contributed by atoms with Crippen molar-refractivity contribution in [3.63, 3.8) is 0 Å². The van der Waals surface area contributed by atoms with Crippen LogP contribution in [0.4, 0.5) is 5.69 Å². The van der Waals surface area contributed by atoms with Gasteiger partial charge in [0.15, 0.2) is 11.5 Å². The molecule has 0 saturated heterocycles. The highest BCUT2D eigenvalue weighted by Gasteiger charge is 2.16. The average Bonchev–Trinajstić information content (AvgIpc) is 3.30. The largest absolute Gasteiger partial charge is 0.454 e. The Kier molecular flexibility index (Phi) is 7.43. The molecule has 9 heteroatoms. The van der Waals surface area contributed by atoms with Crippen LogP contribution in [0, 0.1) is 0 Å². The number of thioether (sulfide) groups is 1. The molecule has 1 aliphatic heterocycles. The molecular weight excluding hydrogens is 442 g/mol. The number of aromatic nitrogens is 1. The second kappa shape index (κ2) is 10.8. The predicted octanol–water partition coefficient (Wildman–Crippen LogP) is 3.62. The van der Waals surface area contributed by atoms with Crippen molar-refractivity contribution >= 4 is 29.3 Å². The number of rotatable bonds is 9. The van der Waals surface area contributed by atoms with Gasteiger partial charge in [0.2, 0.25) is 12.7 Å². The molecule has 2 heterocycles. The zero-order chi connectivity index (χ0) is 23.0. The van der Waals surface area contributed by atoms with Crippen LogP contribution in [-0.2, 0) is 22.7 Å². The average molecular weight is 466 g/mol. The van der Waals surface area contributed by atoms with Crippen molar-refractivity contribution in [1.29, 1.82) is 0 Å². The number of fused-ring (bicyclic) bond motifs is 1. The number of carbonyl (C=O) groups excluding carboxylic acids is 2. The first-order chi connectivity index (χ1) is 16.1. The van der Waals surface area contributed by atoms with Gasteiger partial charge in [-0.3, -0.25) is 9.59 Å². The molecule has 0 atom stereocenters. The Labute approximate surface area is 195 Å². The van der Waals surface area contributed by atoms with Crippen molar-refractivity contribution in [2.75, 3.05) is 25.0 Å². The van der Waals surface area contributed by atoms with Gasteiger partial charge < -0.3 is 24.8 Å². The number of nitrogens with zero attached hydrogens (tertiary/aromatic N) is 1. The number of methoxy groups -OCH3 is 1. The highest BCUT2D eigenvalue weighted by Crippen LogP contribution is 2.34. The lowest BCUT2D eigenvalue weighted by molar-refractivity contribution is -0.113. The van der Waals surface area contributed by atoms with Crippen molar-refractivity contribution in [2.45, 2.75) is 18.2 Å². The minimum absolute atomic E-state index is 0.102. The highest BCUT2D eigenvalue weighted by atomic mass is 32.2. The summed E-state index contributed by atoms with van der Waals surface area (Å²) < 4.78 is 15.8. The van der Waals surface area contributed by atoms with E-state index in [-0.39, 0.29) is 24.4 Å². The maximum absolute atomic E-state index is 12.8. The summed E-state index contributed by atoms with van der Waals surface area (Å²) in [4.78, 5) is 29.5. The van der Waals surface area contributed by atoms with Crippen molar-refractivity contribution in [1.82, 2.24) is 10.3 Å². The van der Waals surface area contributed by atoms with Crippen molar-refractivity contribution < 1.29 is 23.8 Å². The van der Waals surface area contributed by atoms with E-state index in [4.69, 9.17) is 14.2 Å². The smallest absolute Gasteiger partial charge is 0.254 e. The fourth-order valence-corrected chi connectivity index (χ4v) is 4.05. The number of nitrogens with one attached hydrogen (secondary N) is 2. The second-order valence-corrected chi connectivity index (χ2v) is 8.16. The maximum atomic E-state index is 12.8. The Morgan fingerprint density at radius 3 is 2.79 bits per heavy atom. The van der Waals surface area contributed by atoms with Crippen LogP contribution in [-0.4, -0.2) is 36.5 Å². The molecular formula is C24H23N3O5S. The molecule has 0 spiro atoms. The summed E-state index contributed by atoms with van der Waals surface area (Å²) in [5.74, 6) is 0.878.